The lowest BCUT2D eigenvalue weighted by Gasteiger charge is -2.03. The summed E-state index contributed by atoms with van der Waals surface area (Å²) in [6.45, 7) is 3.73. The standard InChI is InChI=1S/C10H19FOS/c1-3-9(11)7-5-6-8-13-10(12)4-2/h9H,3-8H2,1-2H3. The van der Waals surface area contributed by atoms with Gasteiger partial charge in [0, 0.05) is 12.2 Å². The molecule has 1 atom stereocenters. The predicted molar refractivity (Wildman–Crippen MR) is 56.8 cm³/mol. The molecule has 1 unspecified atom stereocenters. The summed E-state index contributed by atoms with van der Waals surface area (Å²) in [4.78, 5) is 10.9. The minimum absolute atomic E-state index is 0.243. The highest BCUT2D eigenvalue weighted by Gasteiger charge is 2.03. The van der Waals surface area contributed by atoms with Crippen LogP contribution in [0.3, 0.4) is 0 Å². The van der Waals surface area contributed by atoms with Crippen LogP contribution in [-0.4, -0.2) is 17.0 Å². The van der Waals surface area contributed by atoms with Gasteiger partial charge in [0.1, 0.15) is 0 Å². The highest BCUT2D eigenvalue weighted by Crippen LogP contribution is 2.12. The van der Waals surface area contributed by atoms with Gasteiger partial charge in [-0.1, -0.05) is 25.6 Å². The van der Waals surface area contributed by atoms with Crippen molar-refractivity contribution in [2.75, 3.05) is 5.75 Å². The molecule has 0 fully saturated rings. The SMILES string of the molecule is CCC(=O)SCCCCC(F)CC. The first-order valence-corrected chi connectivity index (χ1v) is 5.99. The van der Waals surface area contributed by atoms with Crippen molar-refractivity contribution in [2.24, 2.45) is 0 Å². The van der Waals surface area contributed by atoms with Crippen molar-refractivity contribution < 1.29 is 9.18 Å². The summed E-state index contributed by atoms with van der Waals surface area (Å²) in [5, 5.41) is 0.243. The molecule has 0 amide bonds. The molecule has 0 heterocycles. The number of unbranched alkanes of at least 4 members (excludes halogenated alkanes) is 1. The van der Waals surface area contributed by atoms with E-state index in [9.17, 15) is 9.18 Å². The molecular formula is C10H19FOS. The summed E-state index contributed by atoms with van der Waals surface area (Å²) in [6, 6.07) is 0. The molecule has 3 heteroatoms. The van der Waals surface area contributed by atoms with E-state index >= 15 is 0 Å². The van der Waals surface area contributed by atoms with Crippen LogP contribution in [0.5, 0.6) is 0 Å². The molecule has 0 radical (unpaired) electrons. The molecule has 0 aromatic rings. The molecule has 78 valence electrons. The van der Waals surface area contributed by atoms with Crippen LogP contribution in [0.1, 0.15) is 46.0 Å². The highest BCUT2D eigenvalue weighted by molar-refractivity contribution is 8.13. The molecule has 0 aromatic carbocycles. The van der Waals surface area contributed by atoms with Gasteiger partial charge < -0.3 is 0 Å². The number of hydrogen-bond donors (Lipinski definition) is 0. The average molecular weight is 206 g/mol. The minimum atomic E-state index is -0.646. The first-order chi connectivity index (χ1) is 6.20. The van der Waals surface area contributed by atoms with Gasteiger partial charge in [-0.3, -0.25) is 4.79 Å². The number of alkyl halides is 1. The van der Waals surface area contributed by atoms with Crippen molar-refractivity contribution >= 4 is 16.9 Å². The quantitative estimate of drug-likeness (QED) is 0.592. The van der Waals surface area contributed by atoms with Gasteiger partial charge in [0.25, 0.3) is 0 Å². The second-order valence-electron chi connectivity index (χ2n) is 3.08. The number of halogens is 1. The van der Waals surface area contributed by atoms with Gasteiger partial charge in [-0.25, -0.2) is 4.39 Å². The molecular weight excluding hydrogens is 187 g/mol. The van der Waals surface area contributed by atoms with Crippen LogP contribution < -0.4 is 0 Å². The molecule has 0 aliphatic rings. The monoisotopic (exact) mass is 206 g/mol. The maximum Gasteiger partial charge on any atom is 0.188 e. The molecule has 0 saturated carbocycles. The minimum Gasteiger partial charge on any atom is -0.287 e. The molecule has 0 aliphatic carbocycles. The zero-order valence-corrected chi connectivity index (χ0v) is 9.33. The van der Waals surface area contributed by atoms with Crippen LogP contribution in [0.15, 0.2) is 0 Å². The Balaban J connectivity index is 3.12. The molecule has 0 aromatic heterocycles. The van der Waals surface area contributed by atoms with Crippen molar-refractivity contribution in [2.45, 2.75) is 52.1 Å². The van der Waals surface area contributed by atoms with Gasteiger partial charge in [0.15, 0.2) is 5.12 Å². The normalized spacial score (nSPS) is 12.8. The van der Waals surface area contributed by atoms with Gasteiger partial charge in [0.2, 0.25) is 0 Å². The second-order valence-corrected chi connectivity index (χ2v) is 4.23. The van der Waals surface area contributed by atoms with E-state index in [0.29, 0.717) is 19.3 Å². The fourth-order valence-electron chi connectivity index (χ4n) is 0.960. The number of hydrogen-bond acceptors (Lipinski definition) is 2. The van der Waals surface area contributed by atoms with E-state index < -0.39 is 6.17 Å². The largest absolute Gasteiger partial charge is 0.287 e. The Bertz CT molecular complexity index is 139. The summed E-state index contributed by atoms with van der Waals surface area (Å²) in [7, 11) is 0. The van der Waals surface area contributed by atoms with Gasteiger partial charge in [-0.05, 0) is 25.7 Å². The van der Waals surface area contributed by atoms with E-state index in [1.165, 1.54) is 11.8 Å². The maximum atomic E-state index is 12.7. The first kappa shape index (κ1) is 12.9. The molecule has 0 aliphatic heterocycles. The van der Waals surface area contributed by atoms with Crippen molar-refractivity contribution in [3.8, 4) is 0 Å². The lowest BCUT2D eigenvalue weighted by molar-refractivity contribution is -0.110. The highest BCUT2D eigenvalue weighted by atomic mass is 32.2. The van der Waals surface area contributed by atoms with E-state index in [4.69, 9.17) is 0 Å². The zero-order valence-electron chi connectivity index (χ0n) is 8.51. The van der Waals surface area contributed by atoms with Crippen LogP contribution in [0.25, 0.3) is 0 Å². The third-order valence-corrected chi connectivity index (χ3v) is 3.01. The maximum absolute atomic E-state index is 12.7. The van der Waals surface area contributed by atoms with E-state index in [0.717, 1.165) is 18.6 Å². The third-order valence-electron chi connectivity index (χ3n) is 1.91. The van der Waals surface area contributed by atoms with Crippen molar-refractivity contribution in [3.63, 3.8) is 0 Å². The second kappa shape index (κ2) is 8.54. The van der Waals surface area contributed by atoms with Crippen LogP contribution in [0.2, 0.25) is 0 Å². The summed E-state index contributed by atoms with van der Waals surface area (Å²) in [6.07, 6.45) is 3.08. The summed E-state index contributed by atoms with van der Waals surface area (Å²) >= 11 is 1.37. The van der Waals surface area contributed by atoms with Crippen molar-refractivity contribution in [1.82, 2.24) is 0 Å². The fraction of sp³-hybridized carbons (Fsp3) is 0.900. The average Bonchev–Trinajstić information content (AvgIpc) is 2.16. The third kappa shape index (κ3) is 8.28. The van der Waals surface area contributed by atoms with Gasteiger partial charge in [0.05, 0.1) is 6.17 Å². The van der Waals surface area contributed by atoms with Crippen LogP contribution >= 0.6 is 11.8 Å². The lowest BCUT2D eigenvalue weighted by atomic mass is 10.1. The summed E-state index contributed by atoms with van der Waals surface area (Å²) < 4.78 is 12.7. The topological polar surface area (TPSA) is 17.1 Å². The molecule has 13 heavy (non-hydrogen) atoms. The molecule has 0 spiro atoms. The molecule has 0 bridgehead atoms. The number of rotatable bonds is 7. The van der Waals surface area contributed by atoms with Crippen molar-refractivity contribution in [3.05, 3.63) is 0 Å². The molecule has 0 N–H and O–H groups in total. The van der Waals surface area contributed by atoms with Crippen molar-refractivity contribution in [1.29, 1.82) is 0 Å². The number of thioether (sulfide) groups is 1. The molecule has 0 saturated heterocycles. The van der Waals surface area contributed by atoms with Gasteiger partial charge in [-0.2, -0.15) is 0 Å². The summed E-state index contributed by atoms with van der Waals surface area (Å²) in [5.41, 5.74) is 0. The Hall–Kier alpha value is -0.0500. The van der Waals surface area contributed by atoms with E-state index in [1.54, 1.807) is 0 Å². The lowest BCUT2D eigenvalue weighted by Crippen LogP contribution is -1.98. The molecule has 1 nitrogen and oxygen atoms in total. The fourth-order valence-corrected chi connectivity index (χ4v) is 1.74. The Morgan fingerprint density at radius 1 is 1.38 bits per heavy atom. The van der Waals surface area contributed by atoms with E-state index in [1.807, 2.05) is 13.8 Å². The van der Waals surface area contributed by atoms with Gasteiger partial charge in [-0.15, -0.1) is 0 Å². The Labute approximate surface area is 84.5 Å². The van der Waals surface area contributed by atoms with Crippen LogP contribution in [-0.2, 0) is 4.79 Å². The number of carbonyl (C=O) groups is 1. The Morgan fingerprint density at radius 2 is 2.08 bits per heavy atom. The Kier molecular flexibility index (Phi) is 8.51. The predicted octanol–water partition coefficient (Wildman–Crippen LogP) is 3.57. The van der Waals surface area contributed by atoms with Crippen LogP contribution in [0.4, 0.5) is 4.39 Å². The molecule has 0 rings (SSSR count). The van der Waals surface area contributed by atoms with Gasteiger partial charge >= 0.3 is 0 Å². The Morgan fingerprint density at radius 3 is 2.62 bits per heavy atom. The van der Waals surface area contributed by atoms with E-state index in [-0.39, 0.29) is 5.12 Å². The zero-order chi connectivity index (χ0) is 10.1. The smallest absolute Gasteiger partial charge is 0.188 e. The first-order valence-electron chi connectivity index (χ1n) is 5.00. The van der Waals surface area contributed by atoms with E-state index in [2.05, 4.69) is 0 Å². The number of carbonyl (C=O) groups excluding carboxylic acids is 1. The summed E-state index contributed by atoms with van der Waals surface area (Å²) in [5.74, 6) is 0.850. The van der Waals surface area contributed by atoms with Crippen LogP contribution in [0, 0.1) is 0 Å².